The van der Waals surface area contributed by atoms with Crippen molar-refractivity contribution in [3.63, 3.8) is 0 Å². The van der Waals surface area contributed by atoms with E-state index in [1.54, 1.807) is 0 Å². The molecule has 1 heteroatoms. The molecule has 0 bridgehead atoms. The highest BCUT2D eigenvalue weighted by molar-refractivity contribution is 5.90. The van der Waals surface area contributed by atoms with Gasteiger partial charge < -0.3 is 5.32 Å². The Balaban J connectivity index is 1.97. The van der Waals surface area contributed by atoms with Gasteiger partial charge >= 0.3 is 0 Å². The van der Waals surface area contributed by atoms with E-state index in [2.05, 4.69) is 90.2 Å². The molecule has 1 N–H and O–H groups in total. The summed E-state index contributed by atoms with van der Waals surface area (Å²) < 4.78 is 0. The minimum absolute atomic E-state index is 0.173. The molecule has 23 heavy (non-hydrogen) atoms. The lowest BCUT2D eigenvalue weighted by molar-refractivity contribution is 0.702. The summed E-state index contributed by atoms with van der Waals surface area (Å²) in [5.74, 6) is 0. The van der Waals surface area contributed by atoms with E-state index in [0.29, 0.717) is 0 Å². The second kappa shape index (κ2) is 5.86. The van der Waals surface area contributed by atoms with Crippen LogP contribution in [0.3, 0.4) is 0 Å². The van der Waals surface area contributed by atoms with Crippen molar-refractivity contribution in [3.8, 4) is 0 Å². The fraction of sp³-hybridized carbons (Fsp3) is 0.0909. The van der Waals surface area contributed by atoms with Crippen LogP contribution in [0.5, 0.6) is 0 Å². The first-order valence-corrected chi connectivity index (χ1v) is 8.01. The van der Waals surface area contributed by atoms with Crippen molar-refractivity contribution >= 4 is 21.5 Å². The van der Waals surface area contributed by atoms with Gasteiger partial charge in [0, 0.05) is 0 Å². The molecule has 0 heterocycles. The molecule has 0 saturated heterocycles. The molecule has 0 amide bonds. The van der Waals surface area contributed by atoms with Gasteiger partial charge in [0.25, 0.3) is 0 Å². The van der Waals surface area contributed by atoms with Crippen LogP contribution in [0.15, 0.2) is 84.9 Å². The fourth-order valence-electron chi connectivity index (χ4n) is 3.48. The van der Waals surface area contributed by atoms with Gasteiger partial charge in [-0.05, 0) is 39.7 Å². The normalized spacial score (nSPS) is 11.4. The average molecular weight is 297 g/mol. The van der Waals surface area contributed by atoms with E-state index in [-0.39, 0.29) is 6.04 Å². The zero-order valence-corrected chi connectivity index (χ0v) is 13.2. The van der Waals surface area contributed by atoms with Crippen LogP contribution in [0.1, 0.15) is 17.2 Å². The Kier molecular flexibility index (Phi) is 3.57. The molecule has 1 nitrogen and oxygen atoms in total. The Hall–Kier alpha value is -2.64. The van der Waals surface area contributed by atoms with Gasteiger partial charge in [-0.25, -0.2) is 0 Å². The summed E-state index contributed by atoms with van der Waals surface area (Å²) >= 11 is 0. The topological polar surface area (TPSA) is 12.0 Å². The summed E-state index contributed by atoms with van der Waals surface area (Å²) in [5, 5.41) is 8.70. The monoisotopic (exact) mass is 297 g/mol. The number of hydrogen-bond acceptors (Lipinski definition) is 1. The Bertz CT molecular complexity index is 882. The highest BCUT2D eigenvalue weighted by Gasteiger charge is 2.16. The molecule has 0 radical (unpaired) electrons. The van der Waals surface area contributed by atoms with Crippen LogP contribution in [-0.4, -0.2) is 7.05 Å². The van der Waals surface area contributed by atoms with E-state index in [9.17, 15) is 0 Å². The lowest BCUT2D eigenvalue weighted by Gasteiger charge is -2.21. The first kappa shape index (κ1) is 14.0. The lowest BCUT2D eigenvalue weighted by atomic mass is 9.91. The summed E-state index contributed by atoms with van der Waals surface area (Å²) in [7, 11) is 2.04. The van der Waals surface area contributed by atoms with E-state index in [1.165, 1.54) is 32.7 Å². The highest BCUT2D eigenvalue weighted by Crippen LogP contribution is 2.32. The molecular weight excluding hydrogens is 278 g/mol. The van der Waals surface area contributed by atoms with Crippen molar-refractivity contribution < 1.29 is 0 Å². The smallest absolute Gasteiger partial charge is 0.0586 e. The molecule has 4 rings (SSSR count). The summed E-state index contributed by atoms with van der Waals surface area (Å²) in [5.41, 5.74) is 2.64. The van der Waals surface area contributed by atoms with Crippen LogP contribution in [0.4, 0.5) is 0 Å². The summed E-state index contributed by atoms with van der Waals surface area (Å²) in [6, 6.07) is 30.5. The van der Waals surface area contributed by atoms with Gasteiger partial charge in [-0.15, -0.1) is 0 Å². The van der Waals surface area contributed by atoms with Gasteiger partial charge in [-0.2, -0.15) is 0 Å². The van der Waals surface area contributed by atoms with E-state index >= 15 is 0 Å². The first-order chi connectivity index (χ1) is 11.4. The second-order valence-corrected chi connectivity index (χ2v) is 5.86. The molecule has 4 aromatic rings. The molecule has 0 spiro atoms. The van der Waals surface area contributed by atoms with Gasteiger partial charge in [-0.3, -0.25) is 0 Å². The summed E-state index contributed by atoms with van der Waals surface area (Å²) in [6.45, 7) is 0. The Morgan fingerprint density at radius 2 is 1.00 bits per heavy atom. The third-order valence-electron chi connectivity index (χ3n) is 4.56. The van der Waals surface area contributed by atoms with Gasteiger partial charge in [-0.1, -0.05) is 84.9 Å². The maximum absolute atomic E-state index is 3.52. The van der Waals surface area contributed by atoms with E-state index in [0.717, 1.165) is 0 Å². The van der Waals surface area contributed by atoms with Crippen molar-refractivity contribution in [1.29, 1.82) is 0 Å². The largest absolute Gasteiger partial charge is 0.309 e. The van der Waals surface area contributed by atoms with E-state index in [1.807, 2.05) is 7.05 Å². The van der Waals surface area contributed by atoms with Crippen molar-refractivity contribution in [2.45, 2.75) is 6.04 Å². The SMILES string of the molecule is CNC(c1cccc2ccccc12)c1cccc2ccccc12. The van der Waals surface area contributed by atoms with Gasteiger partial charge in [0.2, 0.25) is 0 Å². The van der Waals surface area contributed by atoms with E-state index in [4.69, 9.17) is 0 Å². The third kappa shape index (κ3) is 2.39. The lowest BCUT2D eigenvalue weighted by Crippen LogP contribution is -2.18. The predicted octanol–water partition coefficient (Wildman–Crippen LogP) is 5.30. The third-order valence-corrected chi connectivity index (χ3v) is 4.56. The Labute approximate surface area is 136 Å². The molecule has 0 aliphatic heterocycles. The quantitative estimate of drug-likeness (QED) is 0.541. The second-order valence-electron chi connectivity index (χ2n) is 5.86. The number of fused-ring (bicyclic) bond motifs is 2. The summed E-state index contributed by atoms with van der Waals surface area (Å²) in [4.78, 5) is 0. The van der Waals surface area contributed by atoms with Crippen molar-refractivity contribution in [2.75, 3.05) is 7.05 Å². The van der Waals surface area contributed by atoms with Crippen LogP contribution >= 0.6 is 0 Å². The zero-order valence-electron chi connectivity index (χ0n) is 13.2. The number of hydrogen-bond donors (Lipinski definition) is 1. The first-order valence-electron chi connectivity index (χ1n) is 8.01. The highest BCUT2D eigenvalue weighted by atomic mass is 14.9. The van der Waals surface area contributed by atoms with Crippen LogP contribution in [0.2, 0.25) is 0 Å². The van der Waals surface area contributed by atoms with Gasteiger partial charge in [0.05, 0.1) is 6.04 Å². The van der Waals surface area contributed by atoms with Crippen LogP contribution in [-0.2, 0) is 0 Å². The molecule has 0 aliphatic carbocycles. The number of rotatable bonds is 3. The zero-order chi connectivity index (χ0) is 15.6. The molecule has 0 saturated carbocycles. The molecule has 0 atom stereocenters. The fourth-order valence-corrected chi connectivity index (χ4v) is 3.48. The maximum Gasteiger partial charge on any atom is 0.0586 e. The van der Waals surface area contributed by atoms with Crippen molar-refractivity contribution in [1.82, 2.24) is 5.32 Å². The maximum atomic E-state index is 3.52. The number of nitrogens with one attached hydrogen (secondary N) is 1. The standard InChI is InChI=1S/C22H19N/c1-23-22(20-14-6-10-16-8-2-4-12-18(16)20)21-15-7-11-17-9-3-5-13-19(17)21/h2-15,22-23H,1H3. The van der Waals surface area contributed by atoms with Crippen LogP contribution < -0.4 is 5.32 Å². The van der Waals surface area contributed by atoms with Crippen molar-refractivity contribution in [2.24, 2.45) is 0 Å². The van der Waals surface area contributed by atoms with Crippen LogP contribution in [0.25, 0.3) is 21.5 Å². The Morgan fingerprint density at radius 3 is 1.48 bits per heavy atom. The number of benzene rings is 4. The molecular formula is C22H19N. The summed E-state index contributed by atoms with van der Waals surface area (Å²) in [6.07, 6.45) is 0. The average Bonchev–Trinajstić information content (AvgIpc) is 2.63. The predicted molar refractivity (Wildman–Crippen MR) is 98.8 cm³/mol. The molecule has 0 fully saturated rings. The van der Waals surface area contributed by atoms with E-state index < -0.39 is 0 Å². The van der Waals surface area contributed by atoms with Gasteiger partial charge in [0.15, 0.2) is 0 Å². The molecule has 0 aromatic heterocycles. The molecule has 0 aliphatic rings. The van der Waals surface area contributed by atoms with Crippen molar-refractivity contribution in [3.05, 3.63) is 96.1 Å². The Morgan fingerprint density at radius 1 is 0.565 bits per heavy atom. The molecule has 112 valence electrons. The molecule has 0 unspecified atom stereocenters. The molecule has 4 aromatic carbocycles. The van der Waals surface area contributed by atoms with Gasteiger partial charge in [0.1, 0.15) is 0 Å². The minimum atomic E-state index is 0.173. The van der Waals surface area contributed by atoms with Crippen LogP contribution in [0, 0.1) is 0 Å². The minimum Gasteiger partial charge on any atom is -0.309 e.